The second-order valence-corrected chi connectivity index (χ2v) is 4.81. The summed E-state index contributed by atoms with van der Waals surface area (Å²) < 4.78 is 42.0. The first-order chi connectivity index (χ1) is 9.58. The predicted octanol–water partition coefficient (Wildman–Crippen LogP) is 1.85. The van der Waals surface area contributed by atoms with Crippen LogP contribution in [0.15, 0.2) is 0 Å². The van der Waals surface area contributed by atoms with Crippen LogP contribution in [0.2, 0.25) is 0 Å². The molecular formula is C12H21F3N2O4. The molecule has 0 fully saturated rings. The molecule has 0 aromatic carbocycles. The highest BCUT2D eigenvalue weighted by molar-refractivity contribution is 5.82. The molecule has 0 bridgehead atoms. The number of carboxylic acids is 1. The molecule has 2 amide bonds. The molecule has 1 unspecified atom stereocenters. The van der Waals surface area contributed by atoms with Gasteiger partial charge in [-0.05, 0) is 26.7 Å². The molecular weight excluding hydrogens is 293 g/mol. The highest BCUT2D eigenvalue weighted by atomic mass is 19.4. The third-order valence-corrected chi connectivity index (χ3v) is 2.67. The summed E-state index contributed by atoms with van der Waals surface area (Å²) in [7, 11) is 1.44. The number of rotatable bonds is 8. The van der Waals surface area contributed by atoms with Crippen LogP contribution in [0.25, 0.3) is 0 Å². The molecule has 0 saturated heterocycles. The summed E-state index contributed by atoms with van der Waals surface area (Å²) >= 11 is 0. The Morgan fingerprint density at radius 2 is 1.90 bits per heavy atom. The van der Waals surface area contributed by atoms with E-state index in [0.29, 0.717) is 17.9 Å². The molecule has 0 aromatic heterocycles. The lowest BCUT2D eigenvalue weighted by molar-refractivity contribution is -0.143. The van der Waals surface area contributed by atoms with Crippen molar-refractivity contribution in [2.45, 2.75) is 44.9 Å². The normalized spacial score (nSPS) is 13.1. The van der Waals surface area contributed by atoms with Crippen LogP contribution in [-0.4, -0.2) is 60.5 Å². The van der Waals surface area contributed by atoms with E-state index in [1.165, 1.54) is 21.0 Å². The first-order valence-corrected chi connectivity index (χ1v) is 6.44. The average Bonchev–Trinajstić information content (AvgIpc) is 2.33. The Hall–Kier alpha value is -1.51. The van der Waals surface area contributed by atoms with Crippen molar-refractivity contribution in [3.63, 3.8) is 0 Å². The molecule has 6 nitrogen and oxygen atoms in total. The van der Waals surface area contributed by atoms with Crippen LogP contribution in [-0.2, 0) is 9.53 Å². The molecule has 2 N–H and O–H groups in total. The summed E-state index contributed by atoms with van der Waals surface area (Å²) in [6, 6.07) is -3.01. The third kappa shape index (κ3) is 8.38. The number of aliphatic carboxylic acids is 1. The Balaban J connectivity index is 4.72. The molecule has 0 aliphatic carbocycles. The lowest BCUT2D eigenvalue weighted by atomic mass is 10.1. The maximum absolute atomic E-state index is 12.4. The molecule has 9 heteroatoms. The molecule has 21 heavy (non-hydrogen) atoms. The maximum atomic E-state index is 12.4. The zero-order valence-electron chi connectivity index (χ0n) is 12.2. The average molecular weight is 314 g/mol. The van der Waals surface area contributed by atoms with Crippen molar-refractivity contribution < 1.29 is 32.6 Å². The second kappa shape index (κ2) is 8.71. The number of alkyl halides is 3. The third-order valence-electron chi connectivity index (χ3n) is 2.67. The lowest BCUT2D eigenvalue weighted by Crippen LogP contribution is -2.52. The largest absolute Gasteiger partial charge is 0.480 e. The summed E-state index contributed by atoms with van der Waals surface area (Å²) in [6.07, 6.45) is -4.10. The summed E-state index contributed by atoms with van der Waals surface area (Å²) in [6.45, 7) is 1.72. The number of nitrogens with one attached hydrogen (secondary N) is 1. The number of methoxy groups -OCH3 is 1. The number of hydrogen-bond donors (Lipinski definition) is 2. The van der Waals surface area contributed by atoms with Crippen molar-refractivity contribution in [2.24, 2.45) is 0 Å². The van der Waals surface area contributed by atoms with Crippen LogP contribution in [0.3, 0.4) is 0 Å². The molecule has 0 aliphatic rings. The number of nitrogens with zero attached hydrogens (tertiary/aromatic N) is 1. The van der Waals surface area contributed by atoms with Crippen LogP contribution < -0.4 is 5.32 Å². The minimum absolute atomic E-state index is 0.0763. The van der Waals surface area contributed by atoms with E-state index >= 15 is 0 Å². The van der Waals surface area contributed by atoms with Gasteiger partial charge in [-0.25, -0.2) is 9.59 Å². The number of halogens is 3. The van der Waals surface area contributed by atoms with Gasteiger partial charge in [-0.2, -0.15) is 13.2 Å². The van der Waals surface area contributed by atoms with Gasteiger partial charge in [0, 0.05) is 19.8 Å². The SMILES string of the molecule is COCCCC(NC(=O)N(CC(F)(F)F)C(C)C)C(=O)O. The van der Waals surface area contributed by atoms with Crippen molar-refractivity contribution in [2.75, 3.05) is 20.3 Å². The van der Waals surface area contributed by atoms with Crippen LogP contribution in [0.4, 0.5) is 18.0 Å². The van der Waals surface area contributed by atoms with E-state index in [4.69, 9.17) is 9.84 Å². The van der Waals surface area contributed by atoms with E-state index in [0.717, 1.165) is 0 Å². The van der Waals surface area contributed by atoms with Gasteiger partial charge in [0.15, 0.2) is 0 Å². The zero-order chi connectivity index (χ0) is 16.6. The second-order valence-electron chi connectivity index (χ2n) is 4.81. The monoisotopic (exact) mass is 314 g/mol. The topological polar surface area (TPSA) is 78.9 Å². The molecule has 0 radical (unpaired) electrons. The summed E-state index contributed by atoms with van der Waals surface area (Å²) in [5, 5.41) is 11.1. The number of urea groups is 1. The number of carboxylic acid groups (broad SMARTS) is 1. The number of amides is 2. The van der Waals surface area contributed by atoms with Crippen molar-refractivity contribution in [3.8, 4) is 0 Å². The van der Waals surface area contributed by atoms with Gasteiger partial charge in [0.05, 0.1) is 0 Å². The number of ether oxygens (including phenoxy) is 1. The van der Waals surface area contributed by atoms with Crippen molar-refractivity contribution in [1.29, 1.82) is 0 Å². The highest BCUT2D eigenvalue weighted by Crippen LogP contribution is 2.18. The van der Waals surface area contributed by atoms with Crippen LogP contribution in [0.5, 0.6) is 0 Å². The van der Waals surface area contributed by atoms with E-state index < -0.39 is 36.8 Å². The van der Waals surface area contributed by atoms with Crippen molar-refractivity contribution >= 4 is 12.0 Å². The Morgan fingerprint density at radius 1 is 1.33 bits per heavy atom. The predicted molar refractivity (Wildman–Crippen MR) is 69.0 cm³/mol. The van der Waals surface area contributed by atoms with Crippen molar-refractivity contribution in [1.82, 2.24) is 10.2 Å². The molecule has 124 valence electrons. The molecule has 0 rings (SSSR count). The molecule has 0 spiro atoms. The highest BCUT2D eigenvalue weighted by Gasteiger charge is 2.35. The molecule has 1 atom stereocenters. The Morgan fingerprint density at radius 3 is 2.29 bits per heavy atom. The van der Waals surface area contributed by atoms with E-state index in [1.54, 1.807) is 0 Å². The lowest BCUT2D eigenvalue weighted by Gasteiger charge is -2.29. The minimum Gasteiger partial charge on any atom is -0.480 e. The zero-order valence-corrected chi connectivity index (χ0v) is 12.2. The van der Waals surface area contributed by atoms with Gasteiger partial charge < -0.3 is 20.1 Å². The molecule has 0 aliphatic heterocycles. The summed E-state index contributed by atoms with van der Waals surface area (Å²) in [5.41, 5.74) is 0. The van der Waals surface area contributed by atoms with Gasteiger partial charge in [0.1, 0.15) is 12.6 Å². The van der Waals surface area contributed by atoms with Crippen LogP contribution >= 0.6 is 0 Å². The van der Waals surface area contributed by atoms with E-state index in [1.807, 2.05) is 0 Å². The fourth-order valence-electron chi connectivity index (χ4n) is 1.60. The standard InChI is InChI=1S/C12H21F3N2O4/c1-8(2)17(7-12(13,14)15)11(20)16-9(10(18)19)5-4-6-21-3/h8-9H,4-7H2,1-3H3,(H,16,20)(H,18,19). The van der Waals surface area contributed by atoms with E-state index in [9.17, 15) is 22.8 Å². The van der Waals surface area contributed by atoms with Crippen LogP contribution in [0.1, 0.15) is 26.7 Å². The fraction of sp³-hybridized carbons (Fsp3) is 0.833. The summed E-state index contributed by atoms with van der Waals surface area (Å²) in [5.74, 6) is -1.30. The first kappa shape index (κ1) is 19.5. The quantitative estimate of drug-likeness (QED) is 0.670. The smallest absolute Gasteiger partial charge is 0.406 e. The first-order valence-electron chi connectivity index (χ1n) is 6.44. The Kier molecular flexibility index (Phi) is 8.08. The van der Waals surface area contributed by atoms with Crippen molar-refractivity contribution in [3.05, 3.63) is 0 Å². The van der Waals surface area contributed by atoms with Gasteiger partial charge in [0.25, 0.3) is 0 Å². The summed E-state index contributed by atoms with van der Waals surface area (Å²) in [4.78, 5) is 23.4. The molecule has 0 saturated carbocycles. The van der Waals surface area contributed by atoms with Gasteiger partial charge in [-0.1, -0.05) is 0 Å². The van der Waals surface area contributed by atoms with E-state index in [-0.39, 0.29) is 6.42 Å². The Bertz CT molecular complexity index is 348. The van der Waals surface area contributed by atoms with Gasteiger partial charge in [-0.15, -0.1) is 0 Å². The fourth-order valence-corrected chi connectivity index (χ4v) is 1.60. The number of hydrogen-bond acceptors (Lipinski definition) is 3. The number of carbonyl (C=O) groups is 2. The van der Waals surface area contributed by atoms with Gasteiger partial charge in [0.2, 0.25) is 0 Å². The van der Waals surface area contributed by atoms with Gasteiger partial charge >= 0.3 is 18.2 Å². The van der Waals surface area contributed by atoms with E-state index in [2.05, 4.69) is 5.32 Å². The maximum Gasteiger partial charge on any atom is 0.406 e. The molecule has 0 heterocycles. The van der Waals surface area contributed by atoms with Crippen LogP contribution in [0, 0.1) is 0 Å². The molecule has 0 aromatic rings. The number of carbonyl (C=O) groups excluding carboxylic acids is 1. The van der Waals surface area contributed by atoms with Gasteiger partial charge in [-0.3, -0.25) is 0 Å². The Labute approximate surface area is 121 Å². The minimum atomic E-state index is -4.55.